The van der Waals surface area contributed by atoms with Crippen LogP contribution in [-0.4, -0.2) is 50.6 Å². The van der Waals surface area contributed by atoms with E-state index >= 15 is 0 Å². The summed E-state index contributed by atoms with van der Waals surface area (Å²) in [5, 5.41) is 0. The first kappa shape index (κ1) is 18.4. The van der Waals surface area contributed by atoms with E-state index in [2.05, 4.69) is 0 Å². The van der Waals surface area contributed by atoms with E-state index in [-0.39, 0.29) is 29.0 Å². The summed E-state index contributed by atoms with van der Waals surface area (Å²) in [6.45, 7) is 2.34. The van der Waals surface area contributed by atoms with Crippen LogP contribution in [0.1, 0.15) is 43.0 Å². The van der Waals surface area contributed by atoms with Crippen LogP contribution in [0.15, 0.2) is 29.2 Å². The van der Waals surface area contributed by atoms with Crippen LogP contribution >= 0.6 is 0 Å². The Bertz CT molecular complexity index is 713. The lowest BCUT2D eigenvalue weighted by molar-refractivity contribution is -0.138. The smallest absolute Gasteiger partial charge is 0.339 e. The molecule has 1 aliphatic heterocycles. The minimum atomic E-state index is -3.55. The van der Waals surface area contributed by atoms with E-state index in [0.29, 0.717) is 6.54 Å². The lowest BCUT2D eigenvalue weighted by Crippen LogP contribution is -2.45. The maximum Gasteiger partial charge on any atom is 0.339 e. The molecule has 0 spiro atoms. The molecule has 1 heterocycles. The number of benzene rings is 1. The molecule has 0 N–H and O–H groups in total. The largest absolute Gasteiger partial charge is 0.452 e. The molecule has 6 nitrogen and oxygen atoms in total. The second kappa shape index (κ2) is 7.79. The number of carbonyl (C=O) groups excluding carboxylic acids is 2. The number of carbonyl (C=O) groups is 2. The van der Waals surface area contributed by atoms with E-state index < -0.39 is 15.8 Å². The van der Waals surface area contributed by atoms with Crippen LogP contribution in [0.25, 0.3) is 0 Å². The van der Waals surface area contributed by atoms with E-state index in [0.717, 1.165) is 31.9 Å². The van der Waals surface area contributed by atoms with Gasteiger partial charge in [0.05, 0.1) is 10.5 Å². The number of hydrogen-bond acceptors (Lipinski definition) is 5. The zero-order valence-corrected chi connectivity index (χ0v) is 14.8. The molecular weight excluding hydrogens is 330 g/mol. The predicted octanol–water partition coefficient (Wildman–Crippen LogP) is 2.04. The molecule has 1 aromatic rings. The molecule has 7 heteroatoms. The first-order valence-electron chi connectivity index (χ1n) is 8.10. The first-order chi connectivity index (χ1) is 11.3. The van der Waals surface area contributed by atoms with Crippen molar-refractivity contribution in [2.75, 3.05) is 19.4 Å². The maximum atomic E-state index is 12.3. The monoisotopic (exact) mass is 353 g/mol. The molecule has 0 aliphatic carbocycles. The second-order valence-electron chi connectivity index (χ2n) is 5.99. The topological polar surface area (TPSA) is 80.8 Å². The van der Waals surface area contributed by atoms with Crippen molar-refractivity contribution in [2.45, 2.75) is 43.5 Å². The number of sulfone groups is 1. The fourth-order valence-corrected chi connectivity index (χ4v) is 3.88. The Balaban J connectivity index is 2.05. The number of nitrogens with zero attached hydrogens (tertiary/aromatic N) is 1. The Morgan fingerprint density at radius 1 is 1.25 bits per heavy atom. The third kappa shape index (κ3) is 4.35. The number of esters is 1. The minimum Gasteiger partial charge on any atom is -0.452 e. The molecule has 24 heavy (non-hydrogen) atoms. The van der Waals surface area contributed by atoms with Gasteiger partial charge in [0.2, 0.25) is 0 Å². The summed E-state index contributed by atoms with van der Waals surface area (Å²) in [6, 6.07) is 6.03. The zero-order valence-electron chi connectivity index (χ0n) is 14.0. The highest BCUT2D eigenvalue weighted by Crippen LogP contribution is 2.20. The average molecular weight is 353 g/mol. The Morgan fingerprint density at radius 3 is 2.62 bits per heavy atom. The lowest BCUT2D eigenvalue weighted by Gasteiger charge is -2.35. The van der Waals surface area contributed by atoms with Crippen LogP contribution in [0, 0.1) is 0 Å². The zero-order chi connectivity index (χ0) is 17.7. The SMILES string of the molecule is CC[C@H]1CCCCN1C(=O)COC(=O)c1ccccc1S(C)(=O)=O. The van der Waals surface area contributed by atoms with Gasteiger partial charge in [-0.2, -0.15) is 0 Å². The summed E-state index contributed by atoms with van der Waals surface area (Å²) < 4.78 is 28.6. The van der Waals surface area contributed by atoms with Crippen LogP contribution < -0.4 is 0 Å². The molecule has 0 radical (unpaired) electrons. The van der Waals surface area contributed by atoms with Gasteiger partial charge in [0.15, 0.2) is 16.4 Å². The van der Waals surface area contributed by atoms with Crippen molar-refractivity contribution in [1.82, 2.24) is 4.90 Å². The summed E-state index contributed by atoms with van der Waals surface area (Å²) in [5.41, 5.74) is -0.0431. The Labute approximate surface area is 142 Å². The molecule has 1 saturated heterocycles. The van der Waals surface area contributed by atoms with Crippen molar-refractivity contribution in [3.05, 3.63) is 29.8 Å². The van der Waals surface area contributed by atoms with E-state index in [1.165, 1.54) is 18.2 Å². The van der Waals surface area contributed by atoms with Gasteiger partial charge in [-0.3, -0.25) is 4.79 Å². The highest BCUT2D eigenvalue weighted by molar-refractivity contribution is 7.90. The molecule has 0 aromatic heterocycles. The van der Waals surface area contributed by atoms with Gasteiger partial charge in [-0.25, -0.2) is 13.2 Å². The van der Waals surface area contributed by atoms with Crippen molar-refractivity contribution in [3.8, 4) is 0 Å². The summed E-state index contributed by atoms with van der Waals surface area (Å²) in [4.78, 5) is 26.2. The summed E-state index contributed by atoms with van der Waals surface area (Å²) in [6.07, 6.45) is 4.92. The summed E-state index contributed by atoms with van der Waals surface area (Å²) in [7, 11) is -3.55. The minimum absolute atomic E-state index is 0.0431. The highest BCUT2D eigenvalue weighted by atomic mass is 32.2. The Morgan fingerprint density at radius 2 is 1.96 bits per heavy atom. The van der Waals surface area contributed by atoms with Gasteiger partial charge < -0.3 is 9.64 Å². The predicted molar refractivity (Wildman–Crippen MR) is 89.5 cm³/mol. The van der Waals surface area contributed by atoms with Gasteiger partial charge in [-0.05, 0) is 37.8 Å². The van der Waals surface area contributed by atoms with Gasteiger partial charge in [0.1, 0.15) is 0 Å². The molecule has 132 valence electrons. The van der Waals surface area contributed by atoms with E-state index in [1.807, 2.05) is 6.92 Å². The van der Waals surface area contributed by atoms with Gasteiger partial charge in [-0.1, -0.05) is 19.1 Å². The molecule has 1 fully saturated rings. The third-order valence-electron chi connectivity index (χ3n) is 4.25. The number of ether oxygens (including phenoxy) is 1. The van der Waals surface area contributed by atoms with Crippen LogP contribution in [0.2, 0.25) is 0 Å². The van der Waals surface area contributed by atoms with E-state index in [1.54, 1.807) is 11.0 Å². The number of hydrogen-bond donors (Lipinski definition) is 0. The van der Waals surface area contributed by atoms with Gasteiger partial charge in [0, 0.05) is 18.8 Å². The molecule has 0 bridgehead atoms. The van der Waals surface area contributed by atoms with Crippen LogP contribution in [-0.2, 0) is 19.4 Å². The first-order valence-corrected chi connectivity index (χ1v) is 9.99. The van der Waals surface area contributed by atoms with E-state index in [4.69, 9.17) is 4.74 Å². The molecule has 0 unspecified atom stereocenters. The van der Waals surface area contributed by atoms with E-state index in [9.17, 15) is 18.0 Å². The normalized spacial score (nSPS) is 18.2. The molecule has 1 amide bonds. The molecule has 1 atom stereocenters. The Kier molecular flexibility index (Phi) is 5.99. The summed E-state index contributed by atoms with van der Waals surface area (Å²) in [5.74, 6) is -1.03. The Hall–Kier alpha value is -1.89. The van der Waals surface area contributed by atoms with Crippen LogP contribution in [0.5, 0.6) is 0 Å². The number of piperidine rings is 1. The standard InChI is InChI=1S/C17H23NO5S/c1-3-13-8-6-7-11-18(13)16(19)12-23-17(20)14-9-4-5-10-15(14)24(2,21)22/h4-5,9-10,13H,3,6-8,11-12H2,1-2H3/t13-/m0/s1. The molecule has 1 aliphatic rings. The quantitative estimate of drug-likeness (QED) is 0.757. The number of likely N-dealkylation sites (tertiary alicyclic amines) is 1. The molecule has 2 rings (SSSR count). The number of amides is 1. The fourth-order valence-electron chi connectivity index (χ4n) is 3.00. The van der Waals surface area contributed by atoms with Gasteiger partial charge in [0.25, 0.3) is 5.91 Å². The van der Waals surface area contributed by atoms with Gasteiger partial charge in [-0.15, -0.1) is 0 Å². The molecule has 0 saturated carbocycles. The maximum absolute atomic E-state index is 12.3. The highest BCUT2D eigenvalue weighted by Gasteiger charge is 2.26. The number of rotatable bonds is 5. The van der Waals surface area contributed by atoms with Crippen LogP contribution in [0.3, 0.4) is 0 Å². The molecule has 1 aromatic carbocycles. The summed E-state index contributed by atoms with van der Waals surface area (Å²) >= 11 is 0. The average Bonchev–Trinajstić information content (AvgIpc) is 2.58. The van der Waals surface area contributed by atoms with Crippen molar-refractivity contribution < 1.29 is 22.7 Å². The second-order valence-corrected chi connectivity index (χ2v) is 7.97. The van der Waals surface area contributed by atoms with Crippen LogP contribution in [0.4, 0.5) is 0 Å². The van der Waals surface area contributed by atoms with Crippen molar-refractivity contribution in [3.63, 3.8) is 0 Å². The van der Waals surface area contributed by atoms with Crippen molar-refractivity contribution in [2.24, 2.45) is 0 Å². The van der Waals surface area contributed by atoms with Crippen molar-refractivity contribution >= 4 is 21.7 Å². The van der Waals surface area contributed by atoms with Gasteiger partial charge >= 0.3 is 5.97 Å². The molecular formula is C17H23NO5S. The third-order valence-corrected chi connectivity index (χ3v) is 5.41. The lowest BCUT2D eigenvalue weighted by atomic mass is 10.00. The fraction of sp³-hybridized carbons (Fsp3) is 0.529. The van der Waals surface area contributed by atoms with Crippen molar-refractivity contribution in [1.29, 1.82) is 0 Å².